The Balaban J connectivity index is 2.32. The van der Waals surface area contributed by atoms with Gasteiger partial charge in [-0.15, -0.1) is 0 Å². The summed E-state index contributed by atoms with van der Waals surface area (Å²) in [6.45, 7) is 2.14. The van der Waals surface area contributed by atoms with E-state index in [1.54, 1.807) is 11.3 Å². The van der Waals surface area contributed by atoms with Crippen LogP contribution in [0.1, 0.15) is 31.7 Å². The van der Waals surface area contributed by atoms with Gasteiger partial charge in [-0.2, -0.15) is 11.3 Å². The lowest BCUT2D eigenvalue weighted by Crippen LogP contribution is -2.27. The smallest absolute Gasteiger partial charge is 0.0929 e. The van der Waals surface area contributed by atoms with E-state index in [1.165, 1.54) is 0 Å². The van der Waals surface area contributed by atoms with Crippen molar-refractivity contribution < 1.29 is 5.11 Å². The van der Waals surface area contributed by atoms with Crippen LogP contribution in [-0.4, -0.2) is 5.11 Å². The molecule has 1 aliphatic carbocycles. The Morgan fingerprint density at radius 1 is 1.67 bits per heavy atom. The van der Waals surface area contributed by atoms with Crippen LogP contribution in [0.25, 0.3) is 0 Å². The van der Waals surface area contributed by atoms with Crippen molar-refractivity contribution in [3.8, 4) is 0 Å². The molecule has 1 saturated carbocycles. The summed E-state index contributed by atoms with van der Waals surface area (Å²) in [5.74, 6) is 0.423. The Labute approximate surface area is 77.0 Å². The molecule has 0 aromatic carbocycles. The molecule has 1 nitrogen and oxygen atoms in total. The Bertz CT molecular complexity index is 255. The highest BCUT2D eigenvalue weighted by Gasteiger charge is 2.39. The summed E-state index contributed by atoms with van der Waals surface area (Å²) in [5.41, 5.74) is 0.609. The number of aliphatic hydroxyl groups is 1. The average molecular weight is 182 g/mol. The second kappa shape index (κ2) is 2.86. The highest BCUT2D eigenvalue weighted by molar-refractivity contribution is 7.08. The maximum Gasteiger partial charge on any atom is 0.0929 e. The van der Waals surface area contributed by atoms with E-state index in [0.717, 1.165) is 24.8 Å². The molecule has 0 amide bonds. The van der Waals surface area contributed by atoms with Gasteiger partial charge in [0.15, 0.2) is 0 Å². The summed E-state index contributed by atoms with van der Waals surface area (Å²) in [5, 5.41) is 14.4. The van der Waals surface area contributed by atoms with Crippen LogP contribution in [0.5, 0.6) is 0 Å². The standard InChI is InChI=1S/C10H14OS/c1-8-3-2-5-10(8,11)9-4-6-12-7-9/h4,6-8,11H,2-3,5H2,1H3. The molecule has 1 aromatic rings. The third-order valence-corrected chi connectivity index (χ3v) is 3.71. The lowest BCUT2D eigenvalue weighted by molar-refractivity contribution is 0.00490. The van der Waals surface area contributed by atoms with Gasteiger partial charge in [0.2, 0.25) is 0 Å². The molecule has 2 atom stereocenters. The molecule has 0 saturated heterocycles. The summed E-state index contributed by atoms with van der Waals surface area (Å²) in [6, 6.07) is 2.05. The summed E-state index contributed by atoms with van der Waals surface area (Å²) in [6.07, 6.45) is 3.25. The molecule has 0 bridgehead atoms. The molecular weight excluding hydrogens is 168 g/mol. The van der Waals surface area contributed by atoms with Gasteiger partial charge >= 0.3 is 0 Å². The van der Waals surface area contributed by atoms with Gasteiger partial charge in [0.05, 0.1) is 5.60 Å². The van der Waals surface area contributed by atoms with Crippen LogP contribution in [0.15, 0.2) is 16.8 Å². The maximum atomic E-state index is 10.3. The minimum atomic E-state index is -0.514. The fourth-order valence-electron chi connectivity index (χ4n) is 2.10. The van der Waals surface area contributed by atoms with Crippen molar-refractivity contribution in [2.45, 2.75) is 31.8 Å². The lowest BCUT2D eigenvalue weighted by Gasteiger charge is -2.26. The molecule has 2 heteroatoms. The largest absolute Gasteiger partial charge is 0.385 e. The molecule has 66 valence electrons. The van der Waals surface area contributed by atoms with E-state index in [-0.39, 0.29) is 0 Å². The molecule has 2 unspecified atom stereocenters. The average Bonchev–Trinajstić information content (AvgIpc) is 2.62. The second-order valence-corrected chi connectivity index (χ2v) is 4.51. The molecule has 12 heavy (non-hydrogen) atoms. The van der Waals surface area contributed by atoms with Crippen LogP contribution in [0, 0.1) is 5.92 Å². The van der Waals surface area contributed by atoms with Crippen LogP contribution in [0.4, 0.5) is 0 Å². The van der Waals surface area contributed by atoms with Gasteiger partial charge < -0.3 is 5.11 Å². The van der Waals surface area contributed by atoms with Gasteiger partial charge in [0.25, 0.3) is 0 Å². The predicted octanol–water partition coefficient (Wildman–Crippen LogP) is 2.76. The summed E-state index contributed by atoms with van der Waals surface area (Å²) in [4.78, 5) is 0. The number of rotatable bonds is 1. The van der Waals surface area contributed by atoms with Crippen molar-refractivity contribution in [3.63, 3.8) is 0 Å². The monoisotopic (exact) mass is 182 g/mol. The van der Waals surface area contributed by atoms with Crippen molar-refractivity contribution in [3.05, 3.63) is 22.4 Å². The normalized spacial score (nSPS) is 35.7. The van der Waals surface area contributed by atoms with Gasteiger partial charge in [-0.3, -0.25) is 0 Å². The van der Waals surface area contributed by atoms with Crippen molar-refractivity contribution in [1.29, 1.82) is 0 Å². The highest BCUT2D eigenvalue weighted by atomic mass is 32.1. The first-order valence-corrected chi connectivity index (χ1v) is 5.43. The molecule has 1 aromatic heterocycles. The second-order valence-electron chi connectivity index (χ2n) is 3.73. The van der Waals surface area contributed by atoms with Gasteiger partial charge in [0, 0.05) is 0 Å². The number of hydrogen-bond donors (Lipinski definition) is 1. The Hall–Kier alpha value is -0.340. The molecule has 1 aliphatic rings. The Morgan fingerprint density at radius 3 is 3.00 bits per heavy atom. The van der Waals surface area contributed by atoms with Crippen LogP contribution < -0.4 is 0 Å². The van der Waals surface area contributed by atoms with Crippen molar-refractivity contribution in [1.82, 2.24) is 0 Å². The first-order valence-electron chi connectivity index (χ1n) is 4.48. The van der Waals surface area contributed by atoms with Crippen LogP contribution in [0.3, 0.4) is 0 Å². The van der Waals surface area contributed by atoms with E-state index in [1.807, 2.05) is 11.4 Å². The van der Waals surface area contributed by atoms with Gasteiger partial charge in [-0.1, -0.05) is 6.92 Å². The van der Waals surface area contributed by atoms with Crippen molar-refractivity contribution >= 4 is 11.3 Å². The first-order chi connectivity index (χ1) is 5.73. The topological polar surface area (TPSA) is 20.2 Å². The van der Waals surface area contributed by atoms with Gasteiger partial charge in [-0.05, 0) is 47.6 Å². The highest BCUT2D eigenvalue weighted by Crippen LogP contribution is 2.43. The van der Waals surface area contributed by atoms with Crippen molar-refractivity contribution in [2.75, 3.05) is 0 Å². The van der Waals surface area contributed by atoms with E-state index < -0.39 is 5.60 Å². The molecule has 2 rings (SSSR count). The fraction of sp³-hybridized carbons (Fsp3) is 0.600. The third kappa shape index (κ3) is 1.10. The zero-order valence-electron chi connectivity index (χ0n) is 7.29. The molecule has 1 fully saturated rings. The number of hydrogen-bond acceptors (Lipinski definition) is 2. The summed E-state index contributed by atoms with van der Waals surface area (Å²) < 4.78 is 0. The predicted molar refractivity (Wildman–Crippen MR) is 51.2 cm³/mol. The summed E-state index contributed by atoms with van der Waals surface area (Å²) >= 11 is 1.67. The Morgan fingerprint density at radius 2 is 2.50 bits per heavy atom. The third-order valence-electron chi connectivity index (χ3n) is 3.03. The van der Waals surface area contributed by atoms with E-state index in [9.17, 15) is 5.11 Å². The zero-order chi connectivity index (χ0) is 8.60. The lowest BCUT2D eigenvalue weighted by atomic mass is 9.87. The Kier molecular flexibility index (Phi) is 1.97. The number of thiophene rings is 1. The van der Waals surface area contributed by atoms with E-state index in [0.29, 0.717) is 5.92 Å². The first kappa shape index (κ1) is 8.27. The minimum absolute atomic E-state index is 0.423. The molecule has 1 N–H and O–H groups in total. The van der Waals surface area contributed by atoms with E-state index in [4.69, 9.17) is 0 Å². The van der Waals surface area contributed by atoms with Crippen LogP contribution in [-0.2, 0) is 5.60 Å². The van der Waals surface area contributed by atoms with Crippen LogP contribution >= 0.6 is 11.3 Å². The minimum Gasteiger partial charge on any atom is -0.385 e. The molecular formula is C10H14OS. The van der Waals surface area contributed by atoms with E-state index >= 15 is 0 Å². The zero-order valence-corrected chi connectivity index (χ0v) is 8.10. The molecule has 0 spiro atoms. The molecule has 0 aliphatic heterocycles. The fourth-order valence-corrected chi connectivity index (χ4v) is 2.84. The van der Waals surface area contributed by atoms with E-state index in [2.05, 4.69) is 12.3 Å². The van der Waals surface area contributed by atoms with Gasteiger partial charge in [-0.25, -0.2) is 0 Å². The molecule has 0 radical (unpaired) electrons. The molecule has 1 heterocycles. The summed E-state index contributed by atoms with van der Waals surface area (Å²) in [7, 11) is 0. The van der Waals surface area contributed by atoms with Crippen LogP contribution in [0.2, 0.25) is 0 Å². The maximum absolute atomic E-state index is 10.3. The SMILES string of the molecule is CC1CCCC1(O)c1ccsc1. The quantitative estimate of drug-likeness (QED) is 0.708. The van der Waals surface area contributed by atoms with Crippen molar-refractivity contribution in [2.24, 2.45) is 5.92 Å². The van der Waals surface area contributed by atoms with Gasteiger partial charge in [0.1, 0.15) is 0 Å².